The van der Waals surface area contributed by atoms with Crippen LogP contribution in [0.5, 0.6) is 0 Å². The van der Waals surface area contributed by atoms with Crippen molar-refractivity contribution < 1.29 is 4.79 Å². The zero-order valence-electron chi connectivity index (χ0n) is 18.5. The van der Waals surface area contributed by atoms with Crippen LogP contribution in [0.4, 0.5) is 22.9 Å². The first-order chi connectivity index (χ1) is 16.2. The standard InChI is InChI=1S/C24H28N8O/c33-24(27-16-6-8-17(9-7-16)32-12-10-25-11-13-32)21-20(14-26-31-21)29-23-18-2-1-3-19(18)28-22(30-23)15-4-5-15/h6-9,14-15,25H,1-5,10-13H2,(H,26,31)(H,27,33)(H,28,29,30). The van der Waals surface area contributed by atoms with Gasteiger partial charge in [0, 0.05) is 54.7 Å². The first kappa shape index (κ1) is 20.2. The van der Waals surface area contributed by atoms with Gasteiger partial charge < -0.3 is 20.9 Å². The van der Waals surface area contributed by atoms with Crippen LogP contribution in [0.15, 0.2) is 30.5 Å². The summed E-state index contributed by atoms with van der Waals surface area (Å²) >= 11 is 0. The minimum Gasteiger partial charge on any atom is -0.369 e. The third kappa shape index (κ3) is 4.16. The van der Waals surface area contributed by atoms with Crippen LogP contribution in [0.3, 0.4) is 0 Å². The van der Waals surface area contributed by atoms with Gasteiger partial charge in [0.1, 0.15) is 17.3 Å². The molecule has 3 aromatic rings. The molecule has 0 spiro atoms. The van der Waals surface area contributed by atoms with Crippen LogP contribution in [0.1, 0.15) is 52.8 Å². The van der Waals surface area contributed by atoms with Crippen molar-refractivity contribution in [3.8, 4) is 0 Å². The predicted octanol–water partition coefficient (Wildman–Crippen LogP) is 2.97. The summed E-state index contributed by atoms with van der Waals surface area (Å²) in [6, 6.07) is 7.99. The molecule has 2 aromatic heterocycles. The largest absolute Gasteiger partial charge is 0.369 e. The number of nitrogens with one attached hydrogen (secondary N) is 4. The average molecular weight is 445 g/mol. The highest BCUT2D eigenvalue weighted by atomic mass is 16.2. The Bertz CT molecular complexity index is 1160. The number of carbonyl (C=O) groups is 1. The SMILES string of the molecule is O=C(Nc1ccc(N2CCNCC2)cc1)c1[nH]ncc1Nc1nc(C2CC2)nc2c1CCC2. The number of aromatic nitrogens is 4. The number of amides is 1. The molecule has 1 saturated carbocycles. The predicted molar refractivity (Wildman–Crippen MR) is 127 cm³/mol. The lowest BCUT2D eigenvalue weighted by atomic mass is 10.2. The number of H-pyrrole nitrogens is 1. The molecule has 1 aromatic carbocycles. The summed E-state index contributed by atoms with van der Waals surface area (Å²) in [6.07, 6.45) is 7.00. The maximum atomic E-state index is 13.0. The molecule has 1 amide bonds. The molecule has 2 fully saturated rings. The topological polar surface area (TPSA) is 111 Å². The van der Waals surface area contributed by atoms with Crippen LogP contribution in [-0.2, 0) is 12.8 Å². The number of carbonyl (C=O) groups excluding carboxylic acids is 1. The summed E-state index contributed by atoms with van der Waals surface area (Å²) in [5.41, 5.74) is 5.24. The van der Waals surface area contributed by atoms with Gasteiger partial charge in [0.15, 0.2) is 0 Å². The molecule has 2 aliphatic carbocycles. The van der Waals surface area contributed by atoms with Gasteiger partial charge in [-0.1, -0.05) is 0 Å². The van der Waals surface area contributed by atoms with E-state index in [0.29, 0.717) is 17.3 Å². The number of hydrogen-bond donors (Lipinski definition) is 4. The molecule has 1 saturated heterocycles. The van der Waals surface area contributed by atoms with Gasteiger partial charge in [-0.15, -0.1) is 0 Å². The highest BCUT2D eigenvalue weighted by Gasteiger charge is 2.30. The number of aromatic amines is 1. The van der Waals surface area contributed by atoms with E-state index in [1.165, 1.54) is 5.69 Å². The summed E-state index contributed by atoms with van der Waals surface area (Å²) in [7, 11) is 0. The van der Waals surface area contributed by atoms with Crippen LogP contribution in [0.2, 0.25) is 0 Å². The molecular formula is C24H28N8O. The number of aryl methyl sites for hydroxylation is 1. The second-order valence-electron chi connectivity index (χ2n) is 9.01. The lowest BCUT2D eigenvalue weighted by Gasteiger charge is -2.29. The summed E-state index contributed by atoms with van der Waals surface area (Å²) in [5, 5.41) is 16.7. The second-order valence-corrected chi connectivity index (χ2v) is 9.01. The Morgan fingerprint density at radius 3 is 2.67 bits per heavy atom. The number of nitrogens with zero attached hydrogens (tertiary/aromatic N) is 4. The van der Waals surface area contributed by atoms with Gasteiger partial charge in [0.05, 0.1) is 11.9 Å². The maximum absolute atomic E-state index is 13.0. The van der Waals surface area contributed by atoms with Crippen molar-refractivity contribution in [2.45, 2.75) is 38.0 Å². The zero-order chi connectivity index (χ0) is 22.2. The molecule has 9 heteroatoms. The summed E-state index contributed by atoms with van der Waals surface area (Å²) in [5.74, 6) is 1.98. The van der Waals surface area contributed by atoms with Gasteiger partial charge >= 0.3 is 0 Å². The summed E-state index contributed by atoms with van der Waals surface area (Å²) in [4.78, 5) is 25.0. The highest BCUT2D eigenvalue weighted by molar-refractivity contribution is 6.06. The third-order valence-corrected chi connectivity index (χ3v) is 6.62. The monoisotopic (exact) mass is 444 g/mol. The number of anilines is 4. The van der Waals surface area contributed by atoms with E-state index in [0.717, 1.165) is 86.9 Å². The number of fused-ring (bicyclic) bond motifs is 1. The Morgan fingerprint density at radius 1 is 1.06 bits per heavy atom. The summed E-state index contributed by atoms with van der Waals surface area (Å²) in [6.45, 7) is 3.96. The van der Waals surface area contributed by atoms with Crippen LogP contribution in [0, 0.1) is 0 Å². The zero-order valence-corrected chi connectivity index (χ0v) is 18.5. The van der Waals surface area contributed by atoms with Crippen LogP contribution < -0.4 is 20.9 Å². The van der Waals surface area contributed by atoms with Gasteiger partial charge in [0.25, 0.3) is 5.91 Å². The molecule has 33 heavy (non-hydrogen) atoms. The minimum absolute atomic E-state index is 0.238. The Hall–Kier alpha value is -3.46. The molecule has 1 aliphatic heterocycles. The second kappa shape index (κ2) is 8.47. The Labute approximate surface area is 192 Å². The summed E-state index contributed by atoms with van der Waals surface area (Å²) < 4.78 is 0. The van der Waals surface area contributed by atoms with Crippen molar-refractivity contribution in [3.63, 3.8) is 0 Å². The molecule has 0 atom stereocenters. The van der Waals surface area contributed by atoms with E-state index >= 15 is 0 Å². The van der Waals surface area contributed by atoms with E-state index < -0.39 is 0 Å². The van der Waals surface area contributed by atoms with Crippen molar-refractivity contribution in [1.29, 1.82) is 0 Å². The van der Waals surface area contributed by atoms with Gasteiger partial charge in [-0.2, -0.15) is 5.10 Å². The molecule has 9 nitrogen and oxygen atoms in total. The molecule has 0 unspecified atom stereocenters. The van der Waals surface area contributed by atoms with Crippen molar-refractivity contribution in [3.05, 3.63) is 53.2 Å². The quantitative estimate of drug-likeness (QED) is 0.463. The van der Waals surface area contributed by atoms with E-state index in [1.54, 1.807) is 6.20 Å². The molecule has 0 bridgehead atoms. The lowest BCUT2D eigenvalue weighted by Crippen LogP contribution is -2.43. The number of piperazine rings is 1. The van der Waals surface area contributed by atoms with Gasteiger partial charge in [-0.3, -0.25) is 9.89 Å². The fraction of sp³-hybridized carbons (Fsp3) is 0.417. The lowest BCUT2D eigenvalue weighted by molar-refractivity contribution is 0.102. The van der Waals surface area contributed by atoms with Crippen LogP contribution >= 0.6 is 0 Å². The fourth-order valence-electron chi connectivity index (χ4n) is 4.63. The molecule has 6 rings (SSSR count). The van der Waals surface area contributed by atoms with Gasteiger partial charge in [-0.25, -0.2) is 9.97 Å². The third-order valence-electron chi connectivity index (χ3n) is 6.62. The first-order valence-electron chi connectivity index (χ1n) is 11.8. The Morgan fingerprint density at radius 2 is 1.88 bits per heavy atom. The van der Waals surface area contributed by atoms with Gasteiger partial charge in [-0.05, 0) is 56.4 Å². The van der Waals surface area contributed by atoms with E-state index in [-0.39, 0.29) is 5.91 Å². The molecule has 4 N–H and O–H groups in total. The Kier molecular flexibility index (Phi) is 5.18. The number of hydrogen-bond acceptors (Lipinski definition) is 7. The average Bonchev–Trinajstić information content (AvgIpc) is 3.40. The van der Waals surface area contributed by atoms with Crippen molar-refractivity contribution >= 4 is 28.8 Å². The fourth-order valence-corrected chi connectivity index (χ4v) is 4.63. The first-order valence-corrected chi connectivity index (χ1v) is 11.8. The number of rotatable bonds is 6. The smallest absolute Gasteiger partial charge is 0.275 e. The van der Waals surface area contributed by atoms with Crippen molar-refractivity contribution in [2.24, 2.45) is 0 Å². The van der Waals surface area contributed by atoms with Gasteiger partial charge in [0.2, 0.25) is 0 Å². The minimum atomic E-state index is -0.238. The molecule has 3 aliphatic rings. The molecule has 170 valence electrons. The van der Waals surface area contributed by atoms with Crippen LogP contribution in [0.25, 0.3) is 0 Å². The molecule has 3 heterocycles. The maximum Gasteiger partial charge on any atom is 0.275 e. The van der Waals surface area contributed by atoms with E-state index in [1.807, 2.05) is 12.1 Å². The molecular weight excluding hydrogens is 416 g/mol. The van der Waals surface area contributed by atoms with E-state index in [4.69, 9.17) is 9.97 Å². The van der Waals surface area contributed by atoms with Crippen LogP contribution in [-0.4, -0.2) is 52.3 Å². The van der Waals surface area contributed by atoms with E-state index in [2.05, 4.69) is 43.2 Å². The Balaban J connectivity index is 1.18. The van der Waals surface area contributed by atoms with Crippen molar-refractivity contribution in [2.75, 3.05) is 41.7 Å². The number of benzene rings is 1. The normalized spacial score (nSPS) is 17.6. The highest BCUT2D eigenvalue weighted by Crippen LogP contribution is 2.40. The van der Waals surface area contributed by atoms with Crippen molar-refractivity contribution in [1.82, 2.24) is 25.5 Å². The molecule has 0 radical (unpaired) electrons. The van der Waals surface area contributed by atoms with E-state index in [9.17, 15) is 4.79 Å².